The Balaban J connectivity index is 1.97. The second-order valence-electron chi connectivity index (χ2n) is 9.06. The predicted molar refractivity (Wildman–Crippen MR) is 157 cm³/mol. The second-order valence-corrected chi connectivity index (χ2v) is 11.8. The molecule has 0 saturated heterocycles. The van der Waals surface area contributed by atoms with Gasteiger partial charge in [-0.05, 0) is 55.7 Å². The molecule has 0 bridgehead atoms. The lowest BCUT2D eigenvalue weighted by Gasteiger charge is -2.32. The van der Waals surface area contributed by atoms with Gasteiger partial charge in [0.2, 0.25) is 11.8 Å². The molecule has 0 aliphatic carbocycles. The maximum absolute atomic E-state index is 13.9. The van der Waals surface area contributed by atoms with Crippen LogP contribution in [0.2, 0.25) is 10.0 Å². The fourth-order valence-electron chi connectivity index (χ4n) is 4.02. The summed E-state index contributed by atoms with van der Waals surface area (Å²) in [6.07, 6.45) is 2.22. The zero-order chi connectivity index (χ0) is 28.4. The minimum atomic E-state index is -4.19. The van der Waals surface area contributed by atoms with Crippen molar-refractivity contribution < 1.29 is 18.0 Å². The lowest BCUT2D eigenvalue weighted by Crippen LogP contribution is -2.52. The molecule has 208 valence electrons. The number of amides is 2. The van der Waals surface area contributed by atoms with Gasteiger partial charge in [0.25, 0.3) is 10.0 Å². The third kappa shape index (κ3) is 8.21. The van der Waals surface area contributed by atoms with Crippen molar-refractivity contribution in [1.82, 2.24) is 10.2 Å². The van der Waals surface area contributed by atoms with Crippen LogP contribution in [-0.2, 0) is 26.0 Å². The van der Waals surface area contributed by atoms with E-state index in [4.69, 9.17) is 23.2 Å². The predicted octanol–water partition coefficient (Wildman–Crippen LogP) is 5.56. The minimum Gasteiger partial charge on any atom is -0.354 e. The average molecular weight is 591 g/mol. The Labute approximate surface area is 240 Å². The Kier molecular flexibility index (Phi) is 11.2. The van der Waals surface area contributed by atoms with E-state index in [2.05, 4.69) is 5.32 Å². The smallest absolute Gasteiger partial charge is 0.264 e. The molecule has 7 nitrogen and oxygen atoms in total. The first-order chi connectivity index (χ1) is 18.6. The van der Waals surface area contributed by atoms with Gasteiger partial charge in [0.05, 0.1) is 15.6 Å². The van der Waals surface area contributed by atoms with Crippen molar-refractivity contribution in [3.63, 3.8) is 0 Å². The zero-order valence-corrected chi connectivity index (χ0v) is 24.3. The van der Waals surface area contributed by atoms with Gasteiger partial charge in [0.15, 0.2) is 0 Å². The quantitative estimate of drug-likeness (QED) is 0.264. The van der Waals surface area contributed by atoms with Crippen molar-refractivity contribution in [2.24, 2.45) is 0 Å². The highest BCUT2D eigenvalue weighted by molar-refractivity contribution is 7.92. The summed E-state index contributed by atoms with van der Waals surface area (Å²) in [7, 11) is -4.19. The van der Waals surface area contributed by atoms with E-state index in [-0.39, 0.29) is 28.1 Å². The molecule has 0 aliphatic heterocycles. The highest BCUT2D eigenvalue weighted by Gasteiger charge is 2.33. The molecule has 0 radical (unpaired) electrons. The number of hydrogen-bond donors (Lipinski definition) is 1. The van der Waals surface area contributed by atoms with Gasteiger partial charge >= 0.3 is 0 Å². The van der Waals surface area contributed by atoms with Crippen LogP contribution in [0.3, 0.4) is 0 Å². The molecule has 3 aromatic rings. The number of hydrogen-bond acceptors (Lipinski definition) is 4. The average Bonchev–Trinajstić information content (AvgIpc) is 2.93. The van der Waals surface area contributed by atoms with E-state index in [0.29, 0.717) is 18.0 Å². The van der Waals surface area contributed by atoms with Crippen LogP contribution in [0.25, 0.3) is 0 Å². The van der Waals surface area contributed by atoms with Gasteiger partial charge in [-0.3, -0.25) is 13.9 Å². The number of halogens is 2. The Morgan fingerprint density at radius 3 is 2.21 bits per heavy atom. The zero-order valence-electron chi connectivity index (χ0n) is 22.0. The van der Waals surface area contributed by atoms with E-state index in [9.17, 15) is 18.0 Å². The lowest BCUT2D eigenvalue weighted by molar-refractivity contribution is -0.138. The molecule has 0 spiro atoms. The molecular formula is C29H33Cl2N3O4S. The van der Waals surface area contributed by atoms with Crippen LogP contribution in [0.1, 0.15) is 32.3 Å². The number of benzene rings is 3. The van der Waals surface area contributed by atoms with Gasteiger partial charge in [-0.25, -0.2) is 8.42 Å². The summed E-state index contributed by atoms with van der Waals surface area (Å²) in [5, 5.41) is 3.28. The van der Waals surface area contributed by atoms with Gasteiger partial charge in [0, 0.05) is 18.1 Å². The van der Waals surface area contributed by atoms with E-state index in [1.54, 1.807) is 25.1 Å². The van der Waals surface area contributed by atoms with Crippen LogP contribution >= 0.6 is 23.2 Å². The van der Waals surface area contributed by atoms with Crippen LogP contribution in [0, 0.1) is 0 Å². The number of nitrogens with one attached hydrogen (secondary N) is 1. The van der Waals surface area contributed by atoms with Gasteiger partial charge in [-0.1, -0.05) is 85.1 Å². The van der Waals surface area contributed by atoms with Crippen molar-refractivity contribution in [2.75, 3.05) is 23.9 Å². The molecule has 3 aromatic carbocycles. The van der Waals surface area contributed by atoms with Gasteiger partial charge in [0.1, 0.15) is 12.6 Å². The summed E-state index contributed by atoms with van der Waals surface area (Å²) in [4.78, 5) is 28.2. The van der Waals surface area contributed by atoms with Crippen molar-refractivity contribution in [3.8, 4) is 0 Å². The van der Waals surface area contributed by atoms with Gasteiger partial charge in [-0.15, -0.1) is 0 Å². The topological polar surface area (TPSA) is 86.8 Å². The Morgan fingerprint density at radius 1 is 0.949 bits per heavy atom. The van der Waals surface area contributed by atoms with Crippen LogP contribution < -0.4 is 9.62 Å². The molecule has 10 heteroatoms. The Hall–Kier alpha value is -3.07. The number of nitrogens with zero attached hydrogens (tertiary/aromatic N) is 2. The summed E-state index contributed by atoms with van der Waals surface area (Å²) in [5.74, 6) is -0.832. The third-order valence-corrected chi connectivity index (χ3v) is 8.58. The highest BCUT2D eigenvalue weighted by Crippen LogP contribution is 2.32. The Bertz CT molecular complexity index is 1360. The number of sulfonamides is 1. The highest BCUT2D eigenvalue weighted by atomic mass is 35.5. The third-order valence-electron chi connectivity index (χ3n) is 6.27. The molecule has 1 N–H and O–H groups in total. The number of carbonyl (C=O) groups excluding carboxylic acids is 2. The second kappa shape index (κ2) is 14.4. The van der Waals surface area contributed by atoms with Crippen molar-refractivity contribution in [3.05, 3.63) is 94.5 Å². The molecule has 0 unspecified atom stereocenters. The van der Waals surface area contributed by atoms with E-state index >= 15 is 0 Å². The fourth-order valence-corrected chi connectivity index (χ4v) is 6.04. The maximum Gasteiger partial charge on any atom is 0.264 e. The fraction of sp³-hybridized carbons (Fsp3) is 0.310. The van der Waals surface area contributed by atoms with Crippen LogP contribution in [-0.4, -0.2) is 50.8 Å². The van der Waals surface area contributed by atoms with Crippen LogP contribution in [0.5, 0.6) is 0 Å². The number of carbonyl (C=O) groups is 2. The number of anilines is 1. The molecule has 0 heterocycles. The summed E-state index contributed by atoms with van der Waals surface area (Å²) in [6, 6.07) is 21.0. The van der Waals surface area contributed by atoms with E-state index in [1.807, 2.05) is 37.3 Å². The first kappa shape index (κ1) is 30.5. The van der Waals surface area contributed by atoms with Gasteiger partial charge in [-0.2, -0.15) is 0 Å². The summed E-state index contributed by atoms with van der Waals surface area (Å²) in [5.41, 5.74) is 1.10. The standard InChI is InChI=1S/C29H33Cl2N3O4S/c1-3-4-18-32-29(36)22(2)33(19-17-23-11-7-5-8-12-23)28(35)21-34(27-16-15-24(30)20-26(27)31)39(37,38)25-13-9-6-10-14-25/h5-16,20,22H,3-4,17-19,21H2,1-2H3,(H,32,36)/t22-/m1/s1. The molecule has 0 saturated carbocycles. The number of rotatable bonds is 13. The molecular weight excluding hydrogens is 557 g/mol. The molecule has 0 aromatic heterocycles. The normalized spacial score (nSPS) is 12.0. The van der Waals surface area contributed by atoms with Crippen LogP contribution in [0.4, 0.5) is 5.69 Å². The summed E-state index contributed by atoms with van der Waals surface area (Å²) >= 11 is 12.5. The summed E-state index contributed by atoms with van der Waals surface area (Å²) < 4.78 is 28.5. The Morgan fingerprint density at radius 2 is 1.59 bits per heavy atom. The lowest BCUT2D eigenvalue weighted by atomic mass is 10.1. The van der Waals surface area contributed by atoms with E-state index < -0.39 is 28.5 Å². The molecule has 2 amide bonds. The SMILES string of the molecule is CCCCNC(=O)[C@@H](C)N(CCc1ccccc1)C(=O)CN(c1ccc(Cl)cc1Cl)S(=O)(=O)c1ccccc1. The largest absolute Gasteiger partial charge is 0.354 e. The van der Waals surface area contributed by atoms with E-state index in [1.165, 1.54) is 35.2 Å². The first-order valence-corrected chi connectivity index (χ1v) is 15.0. The summed E-state index contributed by atoms with van der Waals surface area (Å²) in [6.45, 7) is 3.83. The van der Waals surface area contributed by atoms with Crippen molar-refractivity contribution in [2.45, 2.75) is 44.0 Å². The van der Waals surface area contributed by atoms with Crippen molar-refractivity contribution in [1.29, 1.82) is 0 Å². The monoisotopic (exact) mass is 589 g/mol. The van der Waals surface area contributed by atoms with E-state index in [0.717, 1.165) is 22.7 Å². The molecule has 39 heavy (non-hydrogen) atoms. The molecule has 3 rings (SSSR count). The first-order valence-electron chi connectivity index (χ1n) is 12.8. The molecule has 0 fully saturated rings. The number of unbranched alkanes of at least 4 members (excludes halogenated alkanes) is 1. The van der Waals surface area contributed by atoms with Crippen molar-refractivity contribution >= 4 is 50.7 Å². The van der Waals surface area contributed by atoms with Gasteiger partial charge < -0.3 is 10.2 Å². The maximum atomic E-state index is 13.9. The minimum absolute atomic E-state index is 0.00464. The molecule has 0 aliphatic rings. The van der Waals surface area contributed by atoms with Crippen LogP contribution in [0.15, 0.2) is 83.8 Å². The molecule has 1 atom stereocenters.